The Labute approximate surface area is 206 Å². The van der Waals surface area contributed by atoms with Gasteiger partial charge in [0.25, 0.3) is 11.6 Å². The van der Waals surface area contributed by atoms with Crippen LogP contribution in [-0.4, -0.2) is 70.3 Å². The van der Waals surface area contributed by atoms with Gasteiger partial charge in [0.15, 0.2) is 0 Å². The third-order valence-electron chi connectivity index (χ3n) is 6.77. The molecule has 0 spiro atoms. The highest BCUT2D eigenvalue weighted by Crippen LogP contribution is 2.39. The summed E-state index contributed by atoms with van der Waals surface area (Å²) in [4.78, 5) is 44.2. The predicted molar refractivity (Wildman–Crippen MR) is 126 cm³/mol. The SMILES string of the molecule is Cc1nc2ccccn2c1C([O-])=C1C(=O)C(=O)N(CC[NH+]2CCOCC2)C1c1ccc([N+](=O)[O-])cc1. The summed E-state index contributed by atoms with van der Waals surface area (Å²) >= 11 is 0. The standard InChI is InChI=1S/C25H25N5O6/c1-16-21(28-9-3-2-4-19(28)26-16)23(31)20-22(17-5-7-18(8-6-17)30(34)35)29(25(33)24(20)32)11-10-27-12-14-36-15-13-27/h2-9,22,31H,10-15H2,1H3. The molecule has 2 aromatic heterocycles. The molecule has 2 aliphatic heterocycles. The van der Waals surface area contributed by atoms with E-state index in [0.29, 0.717) is 36.7 Å². The topological polar surface area (TPSA) is 135 Å². The maximum absolute atomic E-state index is 13.9. The molecule has 5 rings (SSSR count). The van der Waals surface area contributed by atoms with E-state index in [0.717, 1.165) is 13.1 Å². The summed E-state index contributed by atoms with van der Waals surface area (Å²) in [6, 6.07) is 9.97. The van der Waals surface area contributed by atoms with Crippen molar-refractivity contribution in [3.05, 3.63) is 81.3 Å². The number of benzene rings is 1. The molecule has 11 nitrogen and oxygen atoms in total. The number of likely N-dealkylation sites (tertiary alicyclic amines) is 1. The quantitative estimate of drug-likeness (QED) is 0.164. The van der Waals surface area contributed by atoms with Crippen molar-refractivity contribution < 1.29 is 29.3 Å². The van der Waals surface area contributed by atoms with Crippen molar-refractivity contribution in [1.82, 2.24) is 14.3 Å². The fourth-order valence-electron chi connectivity index (χ4n) is 4.93. The normalized spacial score (nSPS) is 20.4. The number of amides is 1. The molecule has 0 radical (unpaired) electrons. The van der Waals surface area contributed by atoms with E-state index in [1.165, 1.54) is 34.1 Å². The fraction of sp³-hybridized carbons (Fsp3) is 0.320. The number of quaternary nitrogens is 1. The monoisotopic (exact) mass is 491 g/mol. The van der Waals surface area contributed by atoms with Gasteiger partial charge >= 0.3 is 0 Å². The van der Waals surface area contributed by atoms with Crippen LogP contribution in [0.4, 0.5) is 5.69 Å². The van der Waals surface area contributed by atoms with E-state index in [4.69, 9.17) is 4.74 Å². The fourth-order valence-corrected chi connectivity index (χ4v) is 4.93. The highest BCUT2D eigenvalue weighted by molar-refractivity contribution is 6.46. The van der Waals surface area contributed by atoms with Crippen LogP contribution in [0.15, 0.2) is 54.2 Å². The molecule has 1 unspecified atom stereocenters. The van der Waals surface area contributed by atoms with Crippen LogP contribution in [0.5, 0.6) is 0 Å². The third kappa shape index (κ3) is 4.12. The third-order valence-corrected chi connectivity index (χ3v) is 6.77. The Balaban J connectivity index is 1.61. The van der Waals surface area contributed by atoms with Crippen molar-refractivity contribution >= 4 is 28.8 Å². The van der Waals surface area contributed by atoms with Crippen molar-refractivity contribution in [2.24, 2.45) is 0 Å². The number of Topliss-reactive ketones (excluding diaryl/α,β-unsaturated/α-hetero) is 1. The zero-order valence-electron chi connectivity index (χ0n) is 19.7. The number of ketones is 1. The average molecular weight is 492 g/mol. The number of aromatic nitrogens is 2. The first kappa shape index (κ1) is 23.6. The number of nitrogens with zero attached hydrogens (tertiary/aromatic N) is 4. The number of ether oxygens (including phenoxy) is 1. The van der Waals surface area contributed by atoms with E-state index < -0.39 is 28.4 Å². The lowest BCUT2D eigenvalue weighted by atomic mass is 9.96. The summed E-state index contributed by atoms with van der Waals surface area (Å²) in [5, 5.41) is 25.1. The summed E-state index contributed by atoms with van der Waals surface area (Å²) in [7, 11) is 0. The van der Waals surface area contributed by atoms with Gasteiger partial charge in [-0.15, -0.1) is 0 Å². The van der Waals surface area contributed by atoms with Crippen LogP contribution >= 0.6 is 0 Å². The molecule has 1 N–H and O–H groups in total. The molecule has 2 saturated heterocycles. The van der Waals surface area contributed by atoms with E-state index in [-0.39, 0.29) is 23.5 Å². The van der Waals surface area contributed by atoms with Crippen LogP contribution in [0.2, 0.25) is 0 Å². The molecule has 0 bridgehead atoms. The molecule has 3 aromatic rings. The molecule has 4 heterocycles. The van der Waals surface area contributed by atoms with Gasteiger partial charge in [-0.3, -0.25) is 19.7 Å². The van der Waals surface area contributed by atoms with Crippen LogP contribution in [0.3, 0.4) is 0 Å². The lowest BCUT2D eigenvalue weighted by Crippen LogP contribution is -3.14. The average Bonchev–Trinajstić information content (AvgIpc) is 3.35. The van der Waals surface area contributed by atoms with Crippen LogP contribution in [0.25, 0.3) is 11.4 Å². The number of carbonyl (C=O) groups is 2. The molecule has 0 aliphatic carbocycles. The van der Waals surface area contributed by atoms with Gasteiger partial charge in [0, 0.05) is 23.9 Å². The number of rotatable bonds is 6. The van der Waals surface area contributed by atoms with Gasteiger partial charge in [-0.05, 0) is 36.8 Å². The van der Waals surface area contributed by atoms with Crippen molar-refractivity contribution in [3.8, 4) is 0 Å². The molecule has 2 fully saturated rings. The minimum absolute atomic E-state index is 0.121. The number of pyridine rings is 1. The number of fused-ring (bicyclic) bond motifs is 1. The largest absolute Gasteiger partial charge is 0.871 e. The Morgan fingerprint density at radius 1 is 1.17 bits per heavy atom. The van der Waals surface area contributed by atoms with Gasteiger partial charge in [0.05, 0.1) is 48.7 Å². The molecular weight excluding hydrogens is 466 g/mol. The Morgan fingerprint density at radius 2 is 1.89 bits per heavy atom. The number of hydrogen-bond acceptors (Lipinski definition) is 7. The molecule has 1 aromatic carbocycles. The first-order valence-corrected chi connectivity index (χ1v) is 11.7. The van der Waals surface area contributed by atoms with Gasteiger partial charge in [-0.2, -0.15) is 0 Å². The van der Waals surface area contributed by atoms with Crippen LogP contribution in [0, 0.1) is 17.0 Å². The van der Waals surface area contributed by atoms with Gasteiger partial charge in [0.1, 0.15) is 18.7 Å². The van der Waals surface area contributed by atoms with Crippen molar-refractivity contribution in [3.63, 3.8) is 0 Å². The lowest BCUT2D eigenvalue weighted by molar-refractivity contribution is -0.907. The van der Waals surface area contributed by atoms with Crippen LogP contribution in [-0.2, 0) is 14.3 Å². The van der Waals surface area contributed by atoms with E-state index >= 15 is 0 Å². The first-order valence-electron chi connectivity index (χ1n) is 11.7. The molecule has 1 amide bonds. The molecule has 1 atom stereocenters. The molecule has 0 saturated carbocycles. The second kappa shape index (κ2) is 9.51. The molecular formula is C25H25N5O6. The van der Waals surface area contributed by atoms with Gasteiger partial charge in [-0.25, -0.2) is 4.98 Å². The van der Waals surface area contributed by atoms with E-state index in [9.17, 15) is 24.8 Å². The van der Waals surface area contributed by atoms with Gasteiger partial charge in [0.2, 0.25) is 5.78 Å². The Kier molecular flexibility index (Phi) is 6.25. The zero-order valence-corrected chi connectivity index (χ0v) is 19.7. The summed E-state index contributed by atoms with van der Waals surface area (Å²) in [5.41, 5.74) is 1.39. The van der Waals surface area contributed by atoms with Crippen LogP contribution < -0.4 is 10.0 Å². The summed E-state index contributed by atoms with van der Waals surface area (Å²) in [5.74, 6) is -2.18. The predicted octanol–water partition coefficient (Wildman–Crippen LogP) is -0.310. The molecule has 2 aliphatic rings. The van der Waals surface area contributed by atoms with E-state index in [1.807, 2.05) is 0 Å². The highest BCUT2D eigenvalue weighted by atomic mass is 16.6. The molecule has 186 valence electrons. The number of nitro groups is 1. The smallest absolute Gasteiger partial charge is 0.295 e. The number of nitro benzene ring substituents is 1. The second-order valence-electron chi connectivity index (χ2n) is 8.91. The van der Waals surface area contributed by atoms with Crippen molar-refractivity contribution in [2.45, 2.75) is 13.0 Å². The maximum Gasteiger partial charge on any atom is 0.295 e. The number of aryl methyl sites for hydroxylation is 1. The molecule has 11 heteroatoms. The van der Waals surface area contributed by atoms with E-state index in [1.54, 1.807) is 35.7 Å². The zero-order chi connectivity index (χ0) is 25.4. The number of hydrogen-bond donors (Lipinski definition) is 1. The summed E-state index contributed by atoms with van der Waals surface area (Å²) in [6.07, 6.45) is 1.69. The number of imidazole rings is 1. The second-order valence-corrected chi connectivity index (χ2v) is 8.91. The van der Waals surface area contributed by atoms with Gasteiger partial charge in [-0.1, -0.05) is 11.8 Å². The van der Waals surface area contributed by atoms with Crippen molar-refractivity contribution in [2.75, 3.05) is 39.4 Å². The molecule has 36 heavy (non-hydrogen) atoms. The highest BCUT2D eigenvalue weighted by Gasteiger charge is 2.45. The Hall–Kier alpha value is -4.09. The number of carbonyl (C=O) groups excluding carboxylic acids is 2. The van der Waals surface area contributed by atoms with Crippen molar-refractivity contribution in [1.29, 1.82) is 0 Å². The number of morpholine rings is 1. The minimum Gasteiger partial charge on any atom is -0.871 e. The van der Waals surface area contributed by atoms with Gasteiger partial charge < -0.3 is 24.0 Å². The van der Waals surface area contributed by atoms with Crippen LogP contribution in [0.1, 0.15) is 23.0 Å². The summed E-state index contributed by atoms with van der Waals surface area (Å²) < 4.78 is 7.01. The first-order chi connectivity index (χ1) is 17.4. The number of non-ortho nitro benzene ring substituents is 1. The Bertz CT molecular complexity index is 1370. The Morgan fingerprint density at radius 3 is 2.58 bits per heavy atom. The lowest BCUT2D eigenvalue weighted by Gasteiger charge is -2.30. The maximum atomic E-state index is 13.9. The minimum atomic E-state index is -0.951. The number of nitrogens with one attached hydrogen (secondary N) is 1. The van der Waals surface area contributed by atoms with E-state index in [2.05, 4.69) is 4.98 Å². The summed E-state index contributed by atoms with van der Waals surface area (Å²) in [6.45, 7) is 5.34.